The van der Waals surface area contributed by atoms with Gasteiger partial charge in [0, 0.05) is 19.1 Å². The molecule has 1 fully saturated rings. The number of hydrogen-bond donors (Lipinski definition) is 3. The molecule has 104 valence electrons. The summed E-state index contributed by atoms with van der Waals surface area (Å²) in [5.74, 6) is 0.0997. The monoisotopic (exact) mass is 256 g/mol. The van der Waals surface area contributed by atoms with Crippen molar-refractivity contribution >= 4 is 11.9 Å². The van der Waals surface area contributed by atoms with Crippen molar-refractivity contribution < 1.29 is 9.59 Å². The van der Waals surface area contributed by atoms with Crippen LogP contribution >= 0.6 is 0 Å². The number of rotatable bonds is 5. The summed E-state index contributed by atoms with van der Waals surface area (Å²) in [6.45, 7) is 6.25. The number of carbonyl (C=O) groups excluding carboxylic acids is 2. The van der Waals surface area contributed by atoms with Gasteiger partial charge in [0.25, 0.3) is 0 Å². The fourth-order valence-corrected chi connectivity index (χ4v) is 2.06. The summed E-state index contributed by atoms with van der Waals surface area (Å²) in [7, 11) is 0. The quantitative estimate of drug-likeness (QED) is 0.640. The summed E-state index contributed by atoms with van der Waals surface area (Å²) in [6, 6.07) is -0.147. The third kappa shape index (κ3) is 5.01. The van der Waals surface area contributed by atoms with Crippen LogP contribution in [-0.2, 0) is 4.79 Å². The largest absolute Gasteiger partial charge is 0.338 e. The second-order valence-electron chi connectivity index (χ2n) is 5.15. The van der Waals surface area contributed by atoms with Gasteiger partial charge in [0.2, 0.25) is 5.91 Å². The molecular weight excluding hydrogens is 232 g/mol. The molecule has 0 spiro atoms. The van der Waals surface area contributed by atoms with Crippen LogP contribution in [0, 0.1) is 5.92 Å². The summed E-state index contributed by atoms with van der Waals surface area (Å²) in [5.41, 5.74) is 5.63. The Morgan fingerprint density at radius 3 is 2.78 bits per heavy atom. The van der Waals surface area contributed by atoms with E-state index in [9.17, 15) is 9.59 Å². The Kier molecular flexibility index (Phi) is 6.07. The van der Waals surface area contributed by atoms with E-state index in [0.29, 0.717) is 19.0 Å². The first-order chi connectivity index (χ1) is 8.52. The molecule has 18 heavy (non-hydrogen) atoms. The number of nitrogens with two attached hydrogens (primary N) is 1. The zero-order valence-electron chi connectivity index (χ0n) is 11.2. The van der Waals surface area contributed by atoms with Gasteiger partial charge in [-0.1, -0.05) is 13.8 Å². The molecule has 3 amide bonds. The Bertz CT molecular complexity index is 294. The molecule has 0 bridgehead atoms. The maximum absolute atomic E-state index is 11.7. The number of carbonyl (C=O) groups is 2. The normalized spacial score (nSPS) is 20.1. The fraction of sp³-hybridized carbons (Fsp3) is 0.833. The van der Waals surface area contributed by atoms with Crippen LogP contribution in [0.1, 0.15) is 26.7 Å². The summed E-state index contributed by atoms with van der Waals surface area (Å²) < 4.78 is 0. The number of likely N-dealkylation sites (tertiary alicyclic amines) is 1. The lowest BCUT2D eigenvalue weighted by atomic mass is 10.2. The minimum Gasteiger partial charge on any atom is -0.338 e. The van der Waals surface area contributed by atoms with Crippen molar-refractivity contribution in [3.05, 3.63) is 0 Å². The Balaban J connectivity index is 2.26. The maximum Gasteiger partial charge on any atom is 0.321 e. The lowest BCUT2D eigenvalue weighted by Crippen LogP contribution is -2.47. The van der Waals surface area contributed by atoms with Gasteiger partial charge in [-0.05, 0) is 25.3 Å². The topological polar surface area (TPSA) is 87.5 Å². The minimum absolute atomic E-state index is 0.247. The number of imide groups is 1. The molecule has 1 saturated heterocycles. The first-order valence-electron chi connectivity index (χ1n) is 6.54. The zero-order valence-corrected chi connectivity index (χ0v) is 11.2. The van der Waals surface area contributed by atoms with Gasteiger partial charge in [-0.2, -0.15) is 0 Å². The SMILES string of the molecule is CC(C)CNC(=O)NC(=O)CN1CCCC1CN. The van der Waals surface area contributed by atoms with Crippen LogP contribution in [0.5, 0.6) is 0 Å². The molecule has 6 heteroatoms. The van der Waals surface area contributed by atoms with Crippen molar-refractivity contribution in [2.45, 2.75) is 32.7 Å². The van der Waals surface area contributed by atoms with Crippen molar-refractivity contribution in [3.8, 4) is 0 Å². The molecule has 0 aromatic carbocycles. The van der Waals surface area contributed by atoms with E-state index < -0.39 is 6.03 Å². The highest BCUT2D eigenvalue weighted by Gasteiger charge is 2.25. The highest BCUT2D eigenvalue weighted by Crippen LogP contribution is 2.14. The predicted molar refractivity (Wildman–Crippen MR) is 70.0 cm³/mol. The van der Waals surface area contributed by atoms with E-state index in [2.05, 4.69) is 10.6 Å². The van der Waals surface area contributed by atoms with Gasteiger partial charge < -0.3 is 11.1 Å². The van der Waals surface area contributed by atoms with E-state index >= 15 is 0 Å². The number of urea groups is 1. The molecule has 1 aliphatic heterocycles. The van der Waals surface area contributed by atoms with E-state index in [4.69, 9.17) is 5.73 Å². The molecule has 1 unspecified atom stereocenters. The van der Waals surface area contributed by atoms with Crippen LogP contribution < -0.4 is 16.4 Å². The van der Waals surface area contributed by atoms with Gasteiger partial charge >= 0.3 is 6.03 Å². The van der Waals surface area contributed by atoms with E-state index in [0.717, 1.165) is 19.4 Å². The smallest absolute Gasteiger partial charge is 0.321 e. The number of hydrogen-bond acceptors (Lipinski definition) is 4. The first-order valence-corrected chi connectivity index (χ1v) is 6.54. The second-order valence-corrected chi connectivity index (χ2v) is 5.15. The van der Waals surface area contributed by atoms with Crippen LogP contribution in [0.25, 0.3) is 0 Å². The van der Waals surface area contributed by atoms with E-state index in [-0.39, 0.29) is 18.5 Å². The number of nitrogens with one attached hydrogen (secondary N) is 2. The maximum atomic E-state index is 11.7. The first kappa shape index (κ1) is 14.9. The number of nitrogens with zero attached hydrogens (tertiary/aromatic N) is 1. The molecule has 0 aliphatic carbocycles. The highest BCUT2D eigenvalue weighted by atomic mass is 16.2. The van der Waals surface area contributed by atoms with Crippen LogP contribution in [-0.4, -0.2) is 49.1 Å². The molecule has 1 atom stereocenters. The van der Waals surface area contributed by atoms with E-state index in [1.165, 1.54) is 0 Å². The third-order valence-corrected chi connectivity index (χ3v) is 3.04. The van der Waals surface area contributed by atoms with Gasteiger partial charge in [0.1, 0.15) is 0 Å². The standard InChI is InChI=1S/C12H24N4O2/c1-9(2)7-14-12(18)15-11(17)8-16-5-3-4-10(16)6-13/h9-10H,3-8,13H2,1-2H3,(H2,14,15,17,18). The molecule has 0 aromatic rings. The average molecular weight is 256 g/mol. The summed E-state index contributed by atoms with van der Waals surface area (Å²) in [4.78, 5) is 25.1. The third-order valence-electron chi connectivity index (χ3n) is 3.04. The molecule has 0 aromatic heterocycles. The van der Waals surface area contributed by atoms with E-state index in [1.54, 1.807) is 0 Å². The molecule has 1 heterocycles. The average Bonchev–Trinajstić information content (AvgIpc) is 2.73. The molecule has 0 saturated carbocycles. The Morgan fingerprint density at radius 2 is 2.17 bits per heavy atom. The van der Waals surface area contributed by atoms with Crippen molar-refractivity contribution in [2.75, 3.05) is 26.2 Å². The summed E-state index contributed by atoms with van der Waals surface area (Å²) in [6.07, 6.45) is 2.10. The Morgan fingerprint density at radius 1 is 1.44 bits per heavy atom. The van der Waals surface area contributed by atoms with Crippen LogP contribution in [0.3, 0.4) is 0 Å². The van der Waals surface area contributed by atoms with Gasteiger partial charge in [-0.15, -0.1) is 0 Å². The highest BCUT2D eigenvalue weighted by molar-refractivity contribution is 5.95. The molecular formula is C12H24N4O2. The molecule has 4 N–H and O–H groups in total. The lowest BCUT2D eigenvalue weighted by molar-refractivity contribution is -0.121. The van der Waals surface area contributed by atoms with Crippen LogP contribution in [0.2, 0.25) is 0 Å². The Labute approximate surface area is 108 Å². The van der Waals surface area contributed by atoms with Crippen molar-refractivity contribution in [2.24, 2.45) is 11.7 Å². The van der Waals surface area contributed by atoms with Crippen molar-refractivity contribution in [1.29, 1.82) is 0 Å². The van der Waals surface area contributed by atoms with Crippen LogP contribution in [0.15, 0.2) is 0 Å². The minimum atomic E-state index is -0.419. The Hall–Kier alpha value is -1.14. The molecule has 6 nitrogen and oxygen atoms in total. The van der Waals surface area contributed by atoms with Crippen LogP contribution in [0.4, 0.5) is 4.79 Å². The lowest BCUT2D eigenvalue weighted by Gasteiger charge is -2.22. The summed E-state index contributed by atoms with van der Waals surface area (Å²) in [5, 5.41) is 4.98. The van der Waals surface area contributed by atoms with Crippen molar-refractivity contribution in [3.63, 3.8) is 0 Å². The predicted octanol–water partition coefficient (Wildman–Crippen LogP) is -0.109. The fourth-order valence-electron chi connectivity index (χ4n) is 2.06. The molecule has 1 aliphatic rings. The van der Waals surface area contributed by atoms with E-state index in [1.807, 2.05) is 18.7 Å². The zero-order chi connectivity index (χ0) is 13.5. The van der Waals surface area contributed by atoms with Gasteiger partial charge in [-0.25, -0.2) is 4.79 Å². The second kappa shape index (κ2) is 7.33. The van der Waals surface area contributed by atoms with Gasteiger partial charge in [0.15, 0.2) is 0 Å². The van der Waals surface area contributed by atoms with Gasteiger partial charge in [0.05, 0.1) is 6.54 Å². The summed E-state index contributed by atoms with van der Waals surface area (Å²) >= 11 is 0. The van der Waals surface area contributed by atoms with Crippen molar-refractivity contribution in [1.82, 2.24) is 15.5 Å². The molecule has 1 rings (SSSR count). The number of amides is 3. The molecule has 0 radical (unpaired) electrons. The van der Waals surface area contributed by atoms with Gasteiger partial charge in [-0.3, -0.25) is 15.0 Å².